The molecule has 95 heavy (non-hydrogen) atoms. The molecule has 0 amide bonds. The van der Waals surface area contributed by atoms with E-state index in [2.05, 4.69) is 298 Å². The lowest BCUT2D eigenvalue weighted by Crippen LogP contribution is -2.01. The zero-order valence-corrected chi connectivity index (χ0v) is 51.8. The maximum atomic E-state index is 5.53. The molecule has 0 bridgehead atoms. The van der Waals surface area contributed by atoms with Crippen molar-refractivity contribution in [3.05, 3.63) is 327 Å². The molecular formula is C86H57N9. The summed E-state index contributed by atoms with van der Waals surface area (Å²) in [6.07, 6.45) is 3.98. The van der Waals surface area contributed by atoms with Gasteiger partial charge in [0.15, 0.2) is 34.9 Å². The van der Waals surface area contributed by atoms with Gasteiger partial charge in [0.25, 0.3) is 0 Å². The molecule has 0 aliphatic heterocycles. The van der Waals surface area contributed by atoms with E-state index in [0.717, 1.165) is 144 Å². The lowest BCUT2D eigenvalue weighted by molar-refractivity contribution is 1.07. The van der Waals surface area contributed by atoms with Crippen LogP contribution >= 0.6 is 0 Å². The van der Waals surface area contributed by atoms with Gasteiger partial charge >= 0.3 is 0 Å². The normalized spacial score (nSPS) is 11.5. The molecular weight excluding hydrogens is 1160 g/mol. The number of para-hydroxylation sites is 1. The van der Waals surface area contributed by atoms with E-state index in [4.69, 9.17) is 44.9 Å². The Kier molecular flexibility index (Phi) is 15.1. The first-order valence-electron chi connectivity index (χ1n) is 31.6. The fourth-order valence-corrected chi connectivity index (χ4v) is 12.7. The molecule has 0 fully saturated rings. The van der Waals surface area contributed by atoms with Crippen LogP contribution in [0.4, 0.5) is 5.69 Å². The summed E-state index contributed by atoms with van der Waals surface area (Å²) in [5.41, 5.74) is 18.8. The first-order chi connectivity index (χ1) is 47.0. The second kappa shape index (κ2) is 25.1. The van der Waals surface area contributed by atoms with E-state index < -0.39 is 0 Å². The van der Waals surface area contributed by atoms with Crippen LogP contribution in [-0.2, 0) is 0 Å². The summed E-state index contributed by atoms with van der Waals surface area (Å²) in [6.45, 7) is 6.21. The molecule has 0 unspecified atom stereocenters. The second-order valence-electron chi connectivity index (χ2n) is 23.3. The molecule has 4 aromatic heterocycles. The molecule has 16 aromatic rings. The van der Waals surface area contributed by atoms with E-state index in [1.54, 1.807) is 0 Å². The van der Waals surface area contributed by atoms with E-state index in [9.17, 15) is 0 Å². The number of nitrogens with zero attached hydrogens (tertiary/aromatic N) is 9. The van der Waals surface area contributed by atoms with Crippen molar-refractivity contribution in [1.82, 2.24) is 39.9 Å². The molecule has 0 radical (unpaired) electrons. The minimum absolute atomic E-state index is 0.557. The highest BCUT2D eigenvalue weighted by molar-refractivity contribution is 6.00. The molecule has 0 spiro atoms. The summed E-state index contributed by atoms with van der Waals surface area (Å²) in [5.74, 6) is 3.45. The van der Waals surface area contributed by atoms with E-state index in [0.29, 0.717) is 34.9 Å². The number of fused-ring (bicyclic) bond motifs is 3. The molecule has 9 nitrogen and oxygen atoms in total. The van der Waals surface area contributed by atoms with Crippen molar-refractivity contribution < 1.29 is 0 Å². The lowest BCUT2D eigenvalue weighted by Gasteiger charge is -2.16. The number of pyridine rings is 2. The van der Waals surface area contributed by atoms with Crippen molar-refractivity contribution in [2.75, 3.05) is 0 Å². The maximum Gasteiger partial charge on any atom is 0.164 e. The van der Waals surface area contributed by atoms with Crippen molar-refractivity contribution >= 4 is 50.3 Å². The quantitative estimate of drug-likeness (QED) is 0.0989. The van der Waals surface area contributed by atoms with Crippen molar-refractivity contribution in [2.24, 2.45) is 4.99 Å². The van der Waals surface area contributed by atoms with E-state index >= 15 is 0 Å². The molecule has 12 aromatic carbocycles. The molecule has 0 atom stereocenters. The van der Waals surface area contributed by atoms with Crippen LogP contribution < -0.4 is 0 Å². The lowest BCUT2D eigenvalue weighted by atomic mass is 9.92. The number of aliphatic imine (C=N–C) groups is 1. The molecule has 0 N–H and O–H groups in total. The van der Waals surface area contributed by atoms with Crippen LogP contribution in [0.3, 0.4) is 0 Å². The summed E-state index contributed by atoms with van der Waals surface area (Å²) in [5, 5.41) is 6.48. The van der Waals surface area contributed by atoms with Gasteiger partial charge < -0.3 is 0 Å². The van der Waals surface area contributed by atoms with E-state index in [1.807, 2.05) is 31.3 Å². The minimum Gasteiger partial charge on any atom is -0.263 e. The molecule has 0 saturated carbocycles. The standard InChI is InChI=1S/C86H57N9/c1-3-70(75-30-17-29-73(80(75)87-2)61-36-46-66(47-37-61)83-91-81(64-42-32-57(33-43-64)55-18-6-4-7-19-55)90-82(92-83)65-44-34-58(35-45-65)56-20-8-5-9-21-56)77-54-69-24-12-15-28-74(69)79(89-77)63-40-50-68(51-41-63)85-93-84(94-86(95-85)76-31-16-25-59-22-10-13-26-71(59)76)67-48-38-62(39-49-67)78-72-27-14-11-23-60(72)52-53-88-78/h3-54H,2H2,1H3/b70-3+. The van der Waals surface area contributed by atoms with E-state index in [-0.39, 0.29) is 0 Å². The SMILES string of the molecule is C=Nc1c(/C(=C\C)c2cc3ccccc3c(-c3ccc(-c4nc(-c5ccc(-c6nccc7ccccc67)cc5)nc(-c5cccc6ccccc56)n4)cc3)n2)cccc1-c1ccc(-c2nc(-c3ccc(-c4ccccc4)cc3)nc(-c3ccc(-c4ccccc4)cc3)n2)cc1. The Hall–Kier alpha value is -12.9. The van der Waals surface area contributed by atoms with Gasteiger partial charge in [0, 0.05) is 78.2 Å². The summed E-state index contributed by atoms with van der Waals surface area (Å²) >= 11 is 0. The number of aromatic nitrogens is 8. The van der Waals surface area contributed by atoms with Crippen LogP contribution in [0.15, 0.2) is 321 Å². The minimum atomic E-state index is 0.557. The van der Waals surface area contributed by atoms with Crippen LogP contribution in [0.5, 0.6) is 0 Å². The van der Waals surface area contributed by atoms with E-state index in [1.165, 1.54) is 0 Å². The Morgan fingerprint density at radius 2 is 0.663 bits per heavy atom. The van der Waals surface area contributed by atoms with Crippen LogP contribution in [0.2, 0.25) is 0 Å². The van der Waals surface area contributed by atoms with Gasteiger partial charge in [-0.15, -0.1) is 0 Å². The Morgan fingerprint density at radius 1 is 0.295 bits per heavy atom. The third-order valence-corrected chi connectivity index (χ3v) is 17.6. The van der Waals surface area contributed by atoms with Crippen molar-refractivity contribution in [3.63, 3.8) is 0 Å². The van der Waals surface area contributed by atoms with Crippen LogP contribution in [0.1, 0.15) is 18.2 Å². The second-order valence-corrected chi connectivity index (χ2v) is 23.3. The van der Waals surface area contributed by atoms with Gasteiger partial charge in [-0.1, -0.05) is 297 Å². The van der Waals surface area contributed by atoms with Gasteiger partial charge in [0.05, 0.1) is 22.8 Å². The molecule has 0 aliphatic rings. The van der Waals surface area contributed by atoms with Gasteiger partial charge in [-0.2, -0.15) is 0 Å². The van der Waals surface area contributed by atoms with Crippen LogP contribution in [0.25, 0.3) is 162 Å². The first-order valence-corrected chi connectivity index (χ1v) is 31.6. The van der Waals surface area contributed by atoms with Crippen molar-refractivity contribution in [3.8, 4) is 124 Å². The number of allylic oxidation sites excluding steroid dienone is 1. The predicted octanol–water partition coefficient (Wildman–Crippen LogP) is 21.4. The third kappa shape index (κ3) is 11.3. The zero-order valence-electron chi connectivity index (χ0n) is 51.8. The predicted molar refractivity (Wildman–Crippen MR) is 390 cm³/mol. The van der Waals surface area contributed by atoms with Gasteiger partial charge in [-0.25, -0.2) is 34.9 Å². The topological polar surface area (TPSA) is 115 Å². The number of hydrogen-bond acceptors (Lipinski definition) is 9. The first kappa shape index (κ1) is 57.3. The molecule has 16 rings (SSSR count). The highest BCUT2D eigenvalue weighted by Crippen LogP contribution is 2.42. The van der Waals surface area contributed by atoms with Crippen molar-refractivity contribution in [1.29, 1.82) is 0 Å². The third-order valence-electron chi connectivity index (χ3n) is 17.6. The van der Waals surface area contributed by atoms with Crippen LogP contribution in [-0.4, -0.2) is 46.6 Å². The monoisotopic (exact) mass is 1220 g/mol. The molecule has 4 heterocycles. The summed E-state index contributed by atoms with van der Waals surface area (Å²) < 4.78 is 0. The van der Waals surface area contributed by atoms with Crippen molar-refractivity contribution in [2.45, 2.75) is 6.92 Å². The Balaban J connectivity index is 0.724. The summed E-state index contributed by atoms with van der Waals surface area (Å²) in [7, 11) is 0. The smallest absolute Gasteiger partial charge is 0.164 e. The molecule has 0 aliphatic carbocycles. The Labute approximate surface area is 550 Å². The van der Waals surface area contributed by atoms with Gasteiger partial charge in [-0.3, -0.25) is 9.98 Å². The summed E-state index contributed by atoms with van der Waals surface area (Å²) in [6, 6.07) is 104. The number of benzene rings is 12. The molecule has 0 saturated heterocycles. The fraction of sp³-hybridized carbons (Fsp3) is 0.0116. The van der Waals surface area contributed by atoms with Gasteiger partial charge in [-0.05, 0) is 75.1 Å². The van der Waals surface area contributed by atoms with Gasteiger partial charge in [0.2, 0.25) is 0 Å². The number of hydrogen-bond donors (Lipinski definition) is 0. The Bertz CT molecular complexity index is 5470. The van der Waals surface area contributed by atoms with Crippen LogP contribution in [0, 0.1) is 0 Å². The highest BCUT2D eigenvalue weighted by atomic mass is 15.0. The summed E-state index contributed by atoms with van der Waals surface area (Å²) in [4.78, 5) is 46.0. The Morgan fingerprint density at radius 3 is 1.17 bits per heavy atom. The number of rotatable bonds is 14. The average Bonchev–Trinajstić information content (AvgIpc) is 0.869. The van der Waals surface area contributed by atoms with Gasteiger partial charge in [0.1, 0.15) is 0 Å². The molecule has 9 heteroatoms. The fourth-order valence-electron chi connectivity index (χ4n) is 12.7. The maximum absolute atomic E-state index is 5.53. The zero-order chi connectivity index (χ0) is 63.6. The largest absolute Gasteiger partial charge is 0.263 e. The highest BCUT2D eigenvalue weighted by Gasteiger charge is 2.21. The molecule has 446 valence electrons. The average molecular weight is 1220 g/mol.